The van der Waals surface area contributed by atoms with Gasteiger partial charge in [0.25, 0.3) is 0 Å². The van der Waals surface area contributed by atoms with Crippen molar-refractivity contribution in [1.29, 1.82) is 5.26 Å². The molecule has 0 radical (unpaired) electrons. The number of nitriles is 1. The summed E-state index contributed by atoms with van der Waals surface area (Å²) in [5.41, 5.74) is 5.19. The summed E-state index contributed by atoms with van der Waals surface area (Å²) in [5, 5.41) is 8.92. The molecule has 0 amide bonds. The monoisotopic (exact) mass is 288 g/mol. The second kappa shape index (κ2) is 7.28. The molecule has 1 aromatic rings. The van der Waals surface area contributed by atoms with Gasteiger partial charge in [0.1, 0.15) is 0 Å². The van der Waals surface area contributed by atoms with E-state index in [2.05, 4.69) is 48.8 Å². The van der Waals surface area contributed by atoms with Gasteiger partial charge in [0, 0.05) is 24.0 Å². The third-order valence-corrected chi connectivity index (χ3v) is 3.65. The molecule has 2 nitrogen and oxygen atoms in total. The molecule has 0 aromatic heterocycles. The van der Waals surface area contributed by atoms with Crippen LogP contribution in [0.25, 0.3) is 0 Å². The first kappa shape index (κ1) is 15.6. The van der Waals surface area contributed by atoms with Gasteiger partial charge in [0.05, 0.1) is 11.6 Å². The molecule has 2 heteroatoms. The van der Waals surface area contributed by atoms with E-state index < -0.39 is 0 Å². The minimum absolute atomic E-state index is 0.666. The predicted octanol–water partition coefficient (Wildman–Crippen LogP) is 4.90. The van der Waals surface area contributed by atoms with E-state index in [9.17, 15) is 0 Å². The van der Waals surface area contributed by atoms with Crippen molar-refractivity contribution in [2.75, 3.05) is 11.9 Å². The molecule has 0 saturated heterocycles. The molecule has 1 aromatic carbocycles. The van der Waals surface area contributed by atoms with Gasteiger partial charge in [-0.1, -0.05) is 37.0 Å². The lowest BCUT2D eigenvalue weighted by atomic mass is 10.0. The van der Waals surface area contributed by atoms with Crippen LogP contribution in [0.4, 0.5) is 5.69 Å². The van der Waals surface area contributed by atoms with Gasteiger partial charge < -0.3 is 4.90 Å². The number of likely N-dealkylation sites (N-methyl/N-ethyl adjacent to an activating group) is 1. The summed E-state index contributed by atoms with van der Waals surface area (Å²) in [5.74, 6) is 0. The van der Waals surface area contributed by atoms with Crippen molar-refractivity contribution in [2.45, 2.75) is 13.3 Å². The Morgan fingerprint density at radius 2 is 1.91 bits per heavy atom. The second-order valence-electron chi connectivity index (χ2n) is 5.14. The molecule has 0 bridgehead atoms. The molecule has 110 valence electrons. The van der Waals surface area contributed by atoms with E-state index in [1.165, 1.54) is 11.1 Å². The molecule has 0 unspecified atom stereocenters. The first-order chi connectivity index (χ1) is 10.7. The quantitative estimate of drug-likeness (QED) is 0.737. The number of benzene rings is 1. The van der Waals surface area contributed by atoms with Crippen molar-refractivity contribution in [1.82, 2.24) is 0 Å². The molecule has 0 heterocycles. The van der Waals surface area contributed by atoms with E-state index in [1.807, 2.05) is 37.4 Å². The lowest BCUT2D eigenvalue weighted by Crippen LogP contribution is -2.18. The zero-order valence-corrected chi connectivity index (χ0v) is 13.1. The summed E-state index contributed by atoms with van der Waals surface area (Å²) >= 11 is 0. The summed E-state index contributed by atoms with van der Waals surface area (Å²) in [6.07, 6.45) is 13.4. The van der Waals surface area contributed by atoms with E-state index in [0.29, 0.717) is 5.56 Å². The third kappa shape index (κ3) is 3.45. The lowest BCUT2D eigenvalue weighted by Gasteiger charge is -2.24. The fourth-order valence-corrected chi connectivity index (χ4v) is 2.41. The molecule has 0 spiro atoms. The van der Waals surface area contributed by atoms with Crippen molar-refractivity contribution >= 4 is 5.69 Å². The molecule has 1 aliphatic carbocycles. The van der Waals surface area contributed by atoms with Gasteiger partial charge in [-0.25, -0.2) is 0 Å². The smallest absolute Gasteiger partial charge is 0.0991 e. The predicted molar refractivity (Wildman–Crippen MR) is 93.4 cm³/mol. The molecule has 2 rings (SSSR count). The third-order valence-electron chi connectivity index (χ3n) is 3.65. The Morgan fingerprint density at radius 3 is 2.55 bits per heavy atom. The molecule has 0 atom stereocenters. The maximum atomic E-state index is 8.92. The van der Waals surface area contributed by atoms with Crippen molar-refractivity contribution in [3.8, 4) is 6.07 Å². The van der Waals surface area contributed by atoms with Crippen LogP contribution < -0.4 is 4.90 Å². The number of rotatable bonds is 4. The topological polar surface area (TPSA) is 27.0 Å². The Kier molecular flexibility index (Phi) is 5.16. The Morgan fingerprint density at radius 1 is 1.23 bits per heavy atom. The fraction of sp³-hybridized carbons (Fsp3) is 0.150. The zero-order valence-electron chi connectivity index (χ0n) is 13.1. The average Bonchev–Trinajstić information content (AvgIpc) is 2.76. The molecule has 0 aliphatic heterocycles. The SMILES string of the molecule is C=C/C=C(\C1=C(C)C=CCC=C1)N(C)c1ccc(C#N)cc1. The van der Waals surface area contributed by atoms with Crippen LogP contribution in [0.3, 0.4) is 0 Å². The maximum absolute atomic E-state index is 8.92. The Bertz CT molecular complexity index is 707. The molecule has 0 N–H and O–H groups in total. The Hall–Kier alpha value is -2.79. The highest BCUT2D eigenvalue weighted by Gasteiger charge is 2.12. The van der Waals surface area contributed by atoms with Gasteiger partial charge in [-0.05, 0) is 49.3 Å². The average molecular weight is 288 g/mol. The highest BCUT2D eigenvalue weighted by Crippen LogP contribution is 2.27. The normalized spacial score (nSPS) is 14.5. The van der Waals surface area contributed by atoms with Gasteiger partial charge in [0.2, 0.25) is 0 Å². The number of allylic oxidation sites excluding steroid dienone is 7. The molecule has 0 fully saturated rings. The van der Waals surface area contributed by atoms with Gasteiger partial charge in [-0.15, -0.1) is 0 Å². The summed E-state index contributed by atoms with van der Waals surface area (Å²) < 4.78 is 0. The largest absolute Gasteiger partial charge is 0.344 e. The van der Waals surface area contributed by atoms with Gasteiger partial charge in [-0.3, -0.25) is 0 Å². The van der Waals surface area contributed by atoms with Crippen LogP contribution in [0.5, 0.6) is 0 Å². The van der Waals surface area contributed by atoms with E-state index >= 15 is 0 Å². The molecule has 22 heavy (non-hydrogen) atoms. The van der Waals surface area contributed by atoms with E-state index in [1.54, 1.807) is 6.08 Å². The fourth-order valence-electron chi connectivity index (χ4n) is 2.41. The maximum Gasteiger partial charge on any atom is 0.0991 e. The van der Waals surface area contributed by atoms with Crippen molar-refractivity contribution < 1.29 is 0 Å². The van der Waals surface area contributed by atoms with Crippen LogP contribution in [0.2, 0.25) is 0 Å². The van der Waals surface area contributed by atoms with Crippen LogP contribution in [0.1, 0.15) is 18.9 Å². The Labute approximate surface area is 132 Å². The van der Waals surface area contributed by atoms with Crippen LogP contribution in [0, 0.1) is 11.3 Å². The minimum atomic E-state index is 0.666. The number of hydrogen-bond donors (Lipinski definition) is 0. The molecule has 1 aliphatic rings. The molecular weight excluding hydrogens is 268 g/mol. The standard InChI is InChI=1S/C20H20N2/c1-4-8-20(19-10-7-5-6-9-16(19)2)22(3)18-13-11-17(15-21)12-14-18/h4,6-14H,1,5H2,2-3H3/b20-8+. The summed E-state index contributed by atoms with van der Waals surface area (Å²) in [6, 6.07) is 9.74. The van der Waals surface area contributed by atoms with Crippen molar-refractivity contribution in [3.05, 3.63) is 89.7 Å². The van der Waals surface area contributed by atoms with Crippen LogP contribution in [-0.2, 0) is 0 Å². The molecule has 0 saturated carbocycles. The summed E-state index contributed by atoms with van der Waals surface area (Å²) in [6.45, 7) is 5.95. The van der Waals surface area contributed by atoms with Crippen LogP contribution in [-0.4, -0.2) is 7.05 Å². The van der Waals surface area contributed by atoms with Crippen LogP contribution >= 0.6 is 0 Å². The van der Waals surface area contributed by atoms with E-state index in [-0.39, 0.29) is 0 Å². The van der Waals surface area contributed by atoms with E-state index in [4.69, 9.17) is 5.26 Å². The highest BCUT2D eigenvalue weighted by molar-refractivity contribution is 5.62. The minimum Gasteiger partial charge on any atom is -0.344 e. The molecular formula is C20H20N2. The summed E-state index contributed by atoms with van der Waals surface area (Å²) in [4.78, 5) is 2.12. The van der Waals surface area contributed by atoms with Crippen molar-refractivity contribution in [3.63, 3.8) is 0 Å². The highest BCUT2D eigenvalue weighted by atomic mass is 15.1. The van der Waals surface area contributed by atoms with E-state index in [0.717, 1.165) is 17.8 Å². The number of nitrogens with zero attached hydrogens (tertiary/aromatic N) is 2. The van der Waals surface area contributed by atoms with Gasteiger partial charge in [-0.2, -0.15) is 5.26 Å². The van der Waals surface area contributed by atoms with Gasteiger partial charge in [0.15, 0.2) is 0 Å². The first-order valence-electron chi connectivity index (χ1n) is 7.28. The lowest BCUT2D eigenvalue weighted by molar-refractivity contribution is 1.10. The van der Waals surface area contributed by atoms with Crippen molar-refractivity contribution in [2.24, 2.45) is 0 Å². The Balaban J connectivity index is 2.43. The number of anilines is 1. The zero-order chi connectivity index (χ0) is 15.9. The van der Waals surface area contributed by atoms with Gasteiger partial charge >= 0.3 is 0 Å². The first-order valence-corrected chi connectivity index (χ1v) is 7.28. The number of hydrogen-bond acceptors (Lipinski definition) is 2. The second-order valence-corrected chi connectivity index (χ2v) is 5.14. The van der Waals surface area contributed by atoms with Crippen LogP contribution in [0.15, 0.2) is 84.1 Å². The summed E-state index contributed by atoms with van der Waals surface area (Å²) in [7, 11) is 2.03.